The summed E-state index contributed by atoms with van der Waals surface area (Å²) in [6, 6.07) is 20.7. The van der Waals surface area contributed by atoms with E-state index in [4.69, 9.17) is 11.6 Å². The number of hydrogen-bond acceptors (Lipinski definition) is 3. The van der Waals surface area contributed by atoms with E-state index in [1.54, 1.807) is 18.0 Å². The van der Waals surface area contributed by atoms with Gasteiger partial charge < -0.3 is 5.32 Å². The van der Waals surface area contributed by atoms with Crippen LogP contribution in [0.25, 0.3) is 0 Å². The van der Waals surface area contributed by atoms with Gasteiger partial charge in [0.1, 0.15) is 5.03 Å². The van der Waals surface area contributed by atoms with Crippen molar-refractivity contribution >= 4 is 29.3 Å². The van der Waals surface area contributed by atoms with Crippen LogP contribution in [0.2, 0.25) is 5.02 Å². The van der Waals surface area contributed by atoms with Gasteiger partial charge in [0, 0.05) is 28.2 Å². The number of nitrogens with zero attached hydrogens (tertiary/aromatic N) is 1. The predicted molar refractivity (Wildman–Crippen MR) is 97.4 cm³/mol. The van der Waals surface area contributed by atoms with E-state index in [0.717, 1.165) is 15.5 Å². The molecule has 1 amide bonds. The lowest BCUT2D eigenvalue weighted by molar-refractivity contribution is 0.0951. The summed E-state index contributed by atoms with van der Waals surface area (Å²) < 4.78 is 0. The first-order valence-corrected chi connectivity index (χ1v) is 8.62. The van der Waals surface area contributed by atoms with Crippen LogP contribution in [0.1, 0.15) is 15.9 Å². The Morgan fingerprint density at radius 3 is 2.58 bits per heavy atom. The number of rotatable bonds is 5. The monoisotopic (exact) mass is 354 g/mol. The number of aromatic nitrogens is 1. The maximum Gasteiger partial charge on any atom is 0.251 e. The number of pyridine rings is 1. The maximum atomic E-state index is 12.2. The summed E-state index contributed by atoms with van der Waals surface area (Å²) in [5.41, 5.74) is 1.60. The Hall–Kier alpha value is -2.30. The fourth-order valence-corrected chi connectivity index (χ4v) is 3.12. The van der Waals surface area contributed by atoms with Crippen molar-refractivity contribution in [1.82, 2.24) is 10.3 Å². The molecule has 0 aliphatic rings. The summed E-state index contributed by atoms with van der Waals surface area (Å²) in [6.45, 7) is 0.448. The predicted octanol–water partition coefficient (Wildman–Crippen LogP) is 4.82. The van der Waals surface area contributed by atoms with Crippen LogP contribution in [0.15, 0.2) is 82.8 Å². The van der Waals surface area contributed by atoms with Crippen LogP contribution >= 0.6 is 23.4 Å². The molecule has 2 aromatic carbocycles. The molecule has 0 fully saturated rings. The second-order valence-corrected chi connectivity index (χ2v) is 6.64. The molecule has 1 N–H and O–H groups in total. The van der Waals surface area contributed by atoms with Gasteiger partial charge in [-0.25, -0.2) is 4.98 Å². The van der Waals surface area contributed by atoms with Crippen molar-refractivity contribution in [2.45, 2.75) is 16.5 Å². The van der Waals surface area contributed by atoms with Crippen molar-refractivity contribution in [3.63, 3.8) is 0 Å². The lowest BCUT2D eigenvalue weighted by Crippen LogP contribution is -2.22. The van der Waals surface area contributed by atoms with Gasteiger partial charge in [-0.3, -0.25) is 4.79 Å². The summed E-state index contributed by atoms with van der Waals surface area (Å²) in [7, 11) is 0. The van der Waals surface area contributed by atoms with Crippen LogP contribution in [0.3, 0.4) is 0 Å². The Balaban J connectivity index is 1.59. The van der Waals surface area contributed by atoms with E-state index in [1.807, 2.05) is 66.7 Å². The van der Waals surface area contributed by atoms with Crippen LogP contribution in [0.4, 0.5) is 0 Å². The largest absolute Gasteiger partial charge is 0.348 e. The average molecular weight is 355 g/mol. The highest BCUT2D eigenvalue weighted by Crippen LogP contribution is 2.25. The Morgan fingerprint density at radius 2 is 1.88 bits per heavy atom. The number of nitrogens with one attached hydrogen (secondary N) is 1. The fraction of sp³-hybridized carbons (Fsp3) is 0.0526. The lowest BCUT2D eigenvalue weighted by atomic mass is 10.2. The van der Waals surface area contributed by atoms with Gasteiger partial charge in [0.2, 0.25) is 0 Å². The molecule has 1 aromatic heterocycles. The molecular weight excluding hydrogens is 340 g/mol. The summed E-state index contributed by atoms with van der Waals surface area (Å²) >= 11 is 7.50. The van der Waals surface area contributed by atoms with Gasteiger partial charge in [0.05, 0.1) is 0 Å². The van der Waals surface area contributed by atoms with Gasteiger partial charge in [-0.1, -0.05) is 41.6 Å². The van der Waals surface area contributed by atoms with E-state index in [0.29, 0.717) is 17.1 Å². The van der Waals surface area contributed by atoms with Crippen LogP contribution in [-0.2, 0) is 6.54 Å². The molecule has 0 saturated heterocycles. The Labute approximate surface area is 150 Å². The van der Waals surface area contributed by atoms with Gasteiger partial charge in [0.15, 0.2) is 0 Å². The van der Waals surface area contributed by atoms with Crippen LogP contribution in [-0.4, -0.2) is 10.9 Å². The summed E-state index contributed by atoms with van der Waals surface area (Å²) in [5.74, 6) is -0.107. The zero-order valence-electron chi connectivity index (χ0n) is 12.8. The van der Waals surface area contributed by atoms with Crippen molar-refractivity contribution in [3.05, 3.63) is 89.1 Å². The smallest absolute Gasteiger partial charge is 0.251 e. The number of amides is 1. The summed E-state index contributed by atoms with van der Waals surface area (Å²) in [4.78, 5) is 17.5. The third-order valence-electron chi connectivity index (χ3n) is 3.32. The summed E-state index contributed by atoms with van der Waals surface area (Å²) in [5, 5.41) is 4.49. The standard InChI is InChI=1S/C19H15ClN2OS/c20-16-5-3-4-14(12-16)13-22-19(23)15-7-9-17(10-8-15)24-18-6-1-2-11-21-18/h1-12H,13H2,(H,22,23). The van der Waals surface area contributed by atoms with Crippen molar-refractivity contribution in [3.8, 4) is 0 Å². The minimum absolute atomic E-state index is 0.107. The number of carbonyl (C=O) groups is 1. The second kappa shape index (κ2) is 7.99. The zero-order valence-corrected chi connectivity index (χ0v) is 14.3. The van der Waals surface area contributed by atoms with Crippen molar-refractivity contribution in [2.75, 3.05) is 0 Å². The number of halogens is 1. The molecule has 0 bridgehead atoms. The van der Waals surface area contributed by atoms with Gasteiger partial charge >= 0.3 is 0 Å². The number of hydrogen-bond donors (Lipinski definition) is 1. The van der Waals surface area contributed by atoms with Gasteiger partial charge in [-0.2, -0.15) is 0 Å². The van der Waals surface area contributed by atoms with Crippen LogP contribution in [0, 0.1) is 0 Å². The molecule has 5 heteroatoms. The molecule has 0 unspecified atom stereocenters. The van der Waals surface area contributed by atoms with Crippen molar-refractivity contribution in [2.24, 2.45) is 0 Å². The van der Waals surface area contributed by atoms with E-state index in [9.17, 15) is 4.79 Å². The van der Waals surface area contributed by atoms with E-state index < -0.39 is 0 Å². The third-order valence-corrected chi connectivity index (χ3v) is 4.51. The second-order valence-electron chi connectivity index (χ2n) is 5.11. The molecule has 0 saturated carbocycles. The molecule has 0 atom stereocenters. The Kier molecular flexibility index (Phi) is 5.51. The molecular formula is C19H15ClN2OS. The van der Waals surface area contributed by atoms with Crippen LogP contribution < -0.4 is 5.32 Å². The minimum atomic E-state index is -0.107. The number of benzene rings is 2. The van der Waals surface area contributed by atoms with E-state index >= 15 is 0 Å². The first-order valence-electron chi connectivity index (χ1n) is 7.42. The molecule has 0 aliphatic carbocycles. The quantitative estimate of drug-likeness (QED) is 0.714. The average Bonchev–Trinajstić information content (AvgIpc) is 2.61. The normalized spacial score (nSPS) is 10.4. The maximum absolute atomic E-state index is 12.2. The van der Waals surface area contributed by atoms with E-state index in [-0.39, 0.29) is 5.91 Å². The van der Waals surface area contributed by atoms with Gasteiger partial charge in [-0.15, -0.1) is 0 Å². The molecule has 24 heavy (non-hydrogen) atoms. The topological polar surface area (TPSA) is 42.0 Å². The Morgan fingerprint density at radius 1 is 1.04 bits per heavy atom. The molecule has 3 aromatic rings. The molecule has 120 valence electrons. The van der Waals surface area contributed by atoms with E-state index in [2.05, 4.69) is 10.3 Å². The molecule has 1 heterocycles. The molecule has 3 rings (SSSR count). The first kappa shape index (κ1) is 16.6. The van der Waals surface area contributed by atoms with Gasteiger partial charge in [0.25, 0.3) is 5.91 Å². The molecule has 3 nitrogen and oxygen atoms in total. The van der Waals surface area contributed by atoms with Crippen molar-refractivity contribution < 1.29 is 4.79 Å². The third kappa shape index (κ3) is 4.60. The zero-order chi connectivity index (χ0) is 16.8. The minimum Gasteiger partial charge on any atom is -0.348 e. The van der Waals surface area contributed by atoms with E-state index in [1.165, 1.54) is 0 Å². The summed E-state index contributed by atoms with van der Waals surface area (Å²) in [6.07, 6.45) is 1.76. The lowest BCUT2D eigenvalue weighted by Gasteiger charge is -2.07. The highest BCUT2D eigenvalue weighted by molar-refractivity contribution is 7.99. The highest BCUT2D eigenvalue weighted by atomic mass is 35.5. The molecule has 0 spiro atoms. The molecule has 0 aliphatic heterocycles. The molecule has 0 radical (unpaired) electrons. The highest BCUT2D eigenvalue weighted by Gasteiger charge is 2.06. The fourth-order valence-electron chi connectivity index (χ4n) is 2.13. The van der Waals surface area contributed by atoms with Gasteiger partial charge in [-0.05, 0) is 54.1 Å². The first-order chi connectivity index (χ1) is 11.7. The SMILES string of the molecule is O=C(NCc1cccc(Cl)c1)c1ccc(Sc2ccccn2)cc1. The van der Waals surface area contributed by atoms with Crippen molar-refractivity contribution in [1.29, 1.82) is 0 Å². The van der Waals surface area contributed by atoms with Crippen LogP contribution in [0.5, 0.6) is 0 Å². The number of carbonyl (C=O) groups excluding carboxylic acids is 1. The Bertz CT molecular complexity index is 822.